The zero-order valence-corrected chi connectivity index (χ0v) is 49.7. The first kappa shape index (κ1) is 67.4. The fourth-order valence-corrected chi connectivity index (χ4v) is 13.1. The largest absolute Gasteiger partial charge is 0.346 e. The van der Waals surface area contributed by atoms with Crippen LogP contribution in [0, 0.1) is 23.7 Å². The molecule has 3 saturated carbocycles. The minimum Gasteiger partial charge on any atom is -0.346 e. The first-order chi connectivity index (χ1) is 39.8. The maximum Gasteiger partial charge on any atom is 0.245 e. The van der Waals surface area contributed by atoms with E-state index in [-0.39, 0.29) is 49.8 Å². The molecule has 20 heteroatoms. The topological polar surface area (TPSA) is 282 Å². The molecule has 462 valence electrons. The molecule has 9 amide bonds. The van der Waals surface area contributed by atoms with Gasteiger partial charge in [0.2, 0.25) is 53.2 Å². The number of carbonyl (C=O) groups excluding carboxylic acids is 10. The van der Waals surface area contributed by atoms with E-state index in [0.29, 0.717) is 44.4 Å². The molecule has 0 bridgehead atoms. The number of carbonyl (C=O) groups is 10. The number of nitrogens with zero attached hydrogens (tertiary/aromatic N) is 1. The van der Waals surface area contributed by atoms with Gasteiger partial charge in [0.25, 0.3) is 0 Å². The van der Waals surface area contributed by atoms with Crippen molar-refractivity contribution < 1.29 is 47.9 Å². The summed E-state index contributed by atoms with van der Waals surface area (Å²) >= 11 is 0. The van der Waals surface area contributed by atoms with Crippen LogP contribution in [-0.4, -0.2) is 141 Å². The Balaban J connectivity index is 1.25. The summed E-state index contributed by atoms with van der Waals surface area (Å²) in [6.07, 6.45) is 36.3. The summed E-state index contributed by atoms with van der Waals surface area (Å²) in [6.45, 7) is -1.28. The fourth-order valence-electron chi connectivity index (χ4n) is 13.1. The number of allylic oxidation sites excluding steroid dienone is 2. The van der Waals surface area contributed by atoms with E-state index in [9.17, 15) is 47.9 Å². The Bertz CT molecular complexity index is 2030. The van der Waals surface area contributed by atoms with Gasteiger partial charge in [0.1, 0.15) is 30.5 Å². The SMILES string of the molecule is CNCC(=O)NCC(=O)N[C@@H](CC1CCCCCCCCC1)C(=O)NCC(=O)N[C@@H](CC1CCCCCCC1)C(=O)N[C@@H](CC1CC/C=C\CCC1)C(=O)N1CCC[C@@H]1C(=O)NCC(=O)NCC(=O)N[C@H](C=O)CC1CCCCCCC1. The highest BCUT2D eigenvalue weighted by molar-refractivity contribution is 5.97. The lowest BCUT2D eigenvalue weighted by molar-refractivity contribution is -0.142. The third kappa shape index (κ3) is 26.5. The van der Waals surface area contributed by atoms with Gasteiger partial charge in [-0.2, -0.15) is 0 Å². The van der Waals surface area contributed by atoms with Crippen LogP contribution in [0.15, 0.2) is 12.2 Å². The number of amides is 9. The number of aldehydes is 1. The molecule has 9 N–H and O–H groups in total. The van der Waals surface area contributed by atoms with Crippen molar-refractivity contribution in [2.75, 3.05) is 46.3 Å². The molecule has 1 saturated heterocycles. The molecule has 1 unspecified atom stereocenters. The summed E-state index contributed by atoms with van der Waals surface area (Å²) in [7, 11) is 1.63. The summed E-state index contributed by atoms with van der Waals surface area (Å²) in [5.74, 6) is -3.85. The van der Waals surface area contributed by atoms with Crippen LogP contribution in [0.25, 0.3) is 0 Å². The molecule has 4 fully saturated rings. The first-order valence-corrected chi connectivity index (χ1v) is 32.1. The number of nitrogens with one attached hydrogen (secondary N) is 9. The highest BCUT2D eigenvalue weighted by Crippen LogP contribution is 2.30. The average molecular weight is 1150 g/mol. The van der Waals surface area contributed by atoms with Gasteiger partial charge in [-0.25, -0.2) is 0 Å². The van der Waals surface area contributed by atoms with E-state index in [1.165, 1.54) is 43.4 Å². The first-order valence-electron chi connectivity index (χ1n) is 32.1. The van der Waals surface area contributed by atoms with Crippen LogP contribution < -0.4 is 47.9 Å². The Morgan fingerprint density at radius 3 is 1.38 bits per heavy atom. The van der Waals surface area contributed by atoms with E-state index < -0.39 is 90.6 Å². The van der Waals surface area contributed by atoms with Crippen LogP contribution >= 0.6 is 0 Å². The monoisotopic (exact) mass is 1150 g/mol. The van der Waals surface area contributed by atoms with Crippen molar-refractivity contribution in [2.24, 2.45) is 23.7 Å². The van der Waals surface area contributed by atoms with Crippen molar-refractivity contribution in [3.05, 3.63) is 12.2 Å². The van der Waals surface area contributed by atoms with Crippen LogP contribution in [0.3, 0.4) is 0 Å². The quantitative estimate of drug-likeness (QED) is 0.0373. The van der Waals surface area contributed by atoms with E-state index >= 15 is 0 Å². The number of likely N-dealkylation sites (N-methyl/N-ethyl adjacent to an activating group) is 1. The van der Waals surface area contributed by atoms with E-state index in [1.807, 2.05) is 0 Å². The molecule has 0 aromatic carbocycles. The smallest absolute Gasteiger partial charge is 0.245 e. The third-order valence-electron chi connectivity index (χ3n) is 17.7. The van der Waals surface area contributed by atoms with Gasteiger partial charge in [0.05, 0.1) is 38.8 Å². The predicted molar refractivity (Wildman–Crippen MR) is 315 cm³/mol. The van der Waals surface area contributed by atoms with Crippen molar-refractivity contribution >= 4 is 59.5 Å². The Hall–Kier alpha value is -5.40. The van der Waals surface area contributed by atoms with Gasteiger partial charge in [-0.05, 0) is 94.9 Å². The summed E-state index contributed by atoms with van der Waals surface area (Å²) in [4.78, 5) is 136. The molecule has 0 aromatic rings. The molecule has 82 heavy (non-hydrogen) atoms. The van der Waals surface area contributed by atoms with Crippen LogP contribution in [0.4, 0.5) is 0 Å². The molecule has 5 aliphatic rings. The van der Waals surface area contributed by atoms with Gasteiger partial charge >= 0.3 is 0 Å². The van der Waals surface area contributed by atoms with E-state index in [1.54, 1.807) is 7.05 Å². The second-order valence-corrected chi connectivity index (χ2v) is 24.4. The molecule has 20 nitrogen and oxygen atoms in total. The van der Waals surface area contributed by atoms with Crippen LogP contribution in [0.1, 0.15) is 218 Å². The molecule has 6 atom stereocenters. The van der Waals surface area contributed by atoms with Gasteiger partial charge in [-0.1, -0.05) is 166 Å². The second-order valence-electron chi connectivity index (χ2n) is 24.4. The fraction of sp³-hybridized carbons (Fsp3) is 0.806. The van der Waals surface area contributed by atoms with Crippen molar-refractivity contribution in [1.29, 1.82) is 0 Å². The Morgan fingerprint density at radius 2 is 0.841 bits per heavy atom. The highest BCUT2D eigenvalue weighted by atomic mass is 16.2. The van der Waals surface area contributed by atoms with Crippen molar-refractivity contribution in [3.63, 3.8) is 0 Å². The van der Waals surface area contributed by atoms with Crippen molar-refractivity contribution in [2.45, 2.75) is 249 Å². The molecule has 5 rings (SSSR count). The molecular weight excluding hydrogens is 1040 g/mol. The predicted octanol–water partition coefficient (Wildman–Crippen LogP) is 5.36. The zero-order valence-electron chi connectivity index (χ0n) is 49.7. The van der Waals surface area contributed by atoms with Gasteiger partial charge in [0.15, 0.2) is 0 Å². The van der Waals surface area contributed by atoms with E-state index in [2.05, 4.69) is 60.0 Å². The maximum atomic E-state index is 14.9. The molecule has 1 heterocycles. The third-order valence-corrected chi connectivity index (χ3v) is 17.7. The summed E-state index contributed by atoms with van der Waals surface area (Å²) in [5.41, 5.74) is 0. The maximum absolute atomic E-state index is 14.9. The summed E-state index contributed by atoms with van der Waals surface area (Å²) in [6, 6.07) is -4.59. The van der Waals surface area contributed by atoms with Gasteiger partial charge in [-0.15, -0.1) is 0 Å². The number of likely N-dealkylation sites (tertiary alicyclic amines) is 1. The lowest BCUT2D eigenvalue weighted by Gasteiger charge is -2.32. The van der Waals surface area contributed by atoms with Crippen molar-refractivity contribution in [1.82, 2.24) is 52.8 Å². The number of hydrogen-bond acceptors (Lipinski definition) is 11. The Morgan fingerprint density at radius 1 is 0.415 bits per heavy atom. The number of hydrogen-bond donors (Lipinski definition) is 9. The second kappa shape index (κ2) is 39.2. The normalized spacial score (nSPS) is 22.1. The number of rotatable bonds is 27. The molecule has 4 aliphatic carbocycles. The molecule has 0 radical (unpaired) electrons. The van der Waals surface area contributed by atoms with Gasteiger partial charge in [-0.3, -0.25) is 43.2 Å². The van der Waals surface area contributed by atoms with Crippen LogP contribution in [0.5, 0.6) is 0 Å². The van der Waals surface area contributed by atoms with Gasteiger partial charge < -0.3 is 57.5 Å². The average Bonchev–Trinajstić information content (AvgIpc) is 4.18. The van der Waals surface area contributed by atoms with Gasteiger partial charge in [0, 0.05) is 6.54 Å². The summed E-state index contributed by atoms with van der Waals surface area (Å²) in [5, 5.41) is 24.9. The van der Waals surface area contributed by atoms with Crippen LogP contribution in [0.2, 0.25) is 0 Å². The zero-order chi connectivity index (χ0) is 58.7. The van der Waals surface area contributed by atoms with E-state index in [4.69, 9.17) is 0 Å². The molecule has 1 aliphatic heterocycles. The molecular formula is C62H104N10O10. The van der Waals surface area contributed by atoms with Crippen LogP contribution in [-0.2, 0) is 47.9 Å². The highest BCUT2D eigenvalue weighted by Gasteiger charge is 2.40. The minimum absolute atomic E-state index is 0.0296. The molecule has 0 aromatic heterocycles. The summed E-state index contributed by atoms with van der Waals surface area (Å²) < 4.78 is 0. The van der Waals surface area contributed by atoms with E-state index in [0.717, 1.165) is 148 Å². The Labute approximate surface area is 489 Å². The lowest BCUT2D eigenvalue weighted by atomic mass is 9.86. The minimum atomic E-state index is -1.04. The molecule has 0 spiro atoms. The lowest BCUT2D eigenvalue weighted by Crippen LogP contribution is -2.58. The standard InChI is InChI=1S/C62H104N10O10/c1-63-39-54(74)64-42-57(77)69-50(36-46-27-18-8-3-2-4-9-19-28-46)59(79)66-43-58(78)70-51(37-47-29-20-12-6-13-21-30-47)60(80)71-52(38-48-31-22-14-7-15-23-32-48)62(82)72-34-24-33-53(72)61(81)67-40-55(75)65-41-56(76)68-49(44-73)35-45-25-16-10-5-11-17-26-45/h7,14,44-53,63H,2-6,8-13,15-43H2,1H3,(H,64,74)(H,65,75)(H,66,79)(H,67,81)(H,68,76)(H,69,77)(H,70,78)(H,71,80)/b14-7-/t48?,49-,50-,51-,52-,53+/m0/s1. The van der Waals surface area contributed by atoms with Crippen molar-refractivity contribution in [3.8, 4) is 0 Å². The Kier molecular flexibility index (Phi) is 32.2.